The number of aromatic nitrogens is 1. The molecule has 0 saturated carbocycles. The van der Waals surface area contributed by atoms with Crippen LogP contribution in [-0.2, 0) is 9.47 Å². The van der Waals surface area contributed by atoms with Gasteiger partial charge in [-0.05, 0) is 20.8 Å². The van der Waals surface area contributed by atoms with Crippen molar-refractivity contribution in [2.24, 2.45) is 0 Å². The van der Waals surface area contributed by atoms with Crippen LogP contribution in [0.2, 0.25) is 0 Å². The number of hydrogen-bond donors (Lipinski definition) is 0. The van der Waals surface area contributed by atoms with Crippen LogP contribution in [0.25, 0.3) is 0 Å². The van der Waals surface area contributed by atoms with Gasteiger partial charge in [-0.3, -0.25) is 9.78 Å². The van der Waals surface area contributed by atoms with E-state index in [1.54, 1.807) is 16.6 Å². The summed E-state index contributed by atoms with van der Waals surface area (Å²) < 4.78 is 10.8. The summed E-state index contributed by atoms with van der Waals surface area (Å²) in [5.74, 6) is -0.0263. The number of rotatable bonds is 3. The normalized spacial score (nSPS) is 19.4. The Hall–Kier alpha value is -1.47. The molecule has 6 nitrogen and oxygen atoms in total. The molecule has 1 saturated heterocycles. The molecule has 1 unspecified atom stereocenters. The maximum atomic E-state index is 12.2. The number of thiazole rings is 1. The van der Waals surface area contributed by atoms with E-state index in [9.17, 15) is 9.59 Å². The topological polar surface area (TPSA) is 68.7 Å². The second-order valence-electron chi connectivity index (χ2n) is 5.90. The van der Waals surface area contributed by atoms with Crippen molar-refractivity contribution in [3.8, 4) is 0 Å². The maximum Gasteiger partial charge on any atom is 0.410 e. The molecule has 1 aliphatic heterocycles. The van der Waals surface area contributed by atoms with E-state index in [-0.39, 0.29) is 18.2 Å². The molecule has 0 bridgehead atoms. The van der Waals surface area contributed by atoms with Crippen molar-refractivity contribution in [1.82, 2.24) is 9.88 Å². The van der Waals surface area contributed by atoms with Crippen molar-refractivity contribution >= 4 is 23.2 Å². The van der Waals surface area contributed by atoms with E-state index in [0.717, 1.165) is 0 Å². The van der Waals surface area contributed by atoms with Crippen LogP contribution in [0.4, 0.5) is 4.79 Å². The Morgan fingerprint density at radius 3 is 2.90 bits per heavy atom. The molecule has 7 heteroatoms. The van der Waals surface area contributed by atoms with Gasteiger partial charge in [-0.25, -0.2) is 4.79 Å². The first-order valence-electron chi connectivity index (χ1n) is 6.86. The van der Waals surface area contributed by atoms with Gasteiger partial charge in [0.2, 0.25) is 0 Å². The van der Waals surface area contributed by atoms with Gasteiger partial charge in [-0.2, -0.15) is 0 Å². The lowest BCUT2D eigenvalue weighted by Crippen LogP contribution is -2.51. The lowest BCUT2D eigenvalue weighted by Gasteiger charge is -2.36. The van der Waals surface area contributed by atoms with Crippen LogP contribution in [-0.4, -0.2) is 53.2 Å². The Kier molecular flexibility index (Phi) is 4.95. The molecule has 1 aromatic rings. The standard InChI is InChI=1S/C14H20N2O4S/c1-14(2,3)20-13(18)16-4-5-19-8-10(16)6-11(17)12-7-15-9-21-12/h7,9-10H,4-6,8H2,1-3H3. The van der Waals surface area contributed by atoms with Gasteiger partial charge < -0.3 is 14.4 Å². The van der Waals surface area contributed by atoms with Gasteiger partial charge in [0.05, 0.1) is 29.6 Å². The predicted molar refractivity (Wildman–Crippen MR) is 78.6 cm³/mol. The molecule has 116 valence electrons. The summed E-state index contributed by atoms with van der Waals surface area (Å²) in [6.45, 7) is 6.72. The highest BCUT2D eigenvalue weighted by atomic mass is 32.1. The van der Waals surface area contributed by atoms with Crippen LogP contribution in [0.1, 0.15) is 36.9 Å². The smallest absolute Gasteiger partial charge is 0.410 e. The Bertz CT molecular complexity index is 496. The van der Waals surface area contributed by atoms with Crippen LogP contribution >= 0.6 is 11.3 Å². The van der Waals surface area contributed by atoms with E-state index in [2.05, 4.69) is 4.98 Å². The Morgan fingerprint density at radius 1 is 1.52 bits per heavy atom. The van der Waals surface area contributed by atoms with Gasteiger partial charge in [0.1, 0.15) is 5.60 Å². The van der Waals surface area contributed by atoms with Crippen molar-refractivity contribution in [3.05, 3.63) is 16.6 Å². The van der Waals surface area contributed by atoms with Crippen molar-refractivity contribution in [1.29, 1.82) is 0 Å². The first kappa shape index (κ1) is 15.9. The van der Waals surface area contributed by atoms with Gasteiger partial charge in [0.15, 0.2) is 5.78 Å². The van der Waals surface area contributed by atoms with E-state index < -0.39 is 11.7 Å². The van der Waals surface area contributed by atoms with Gasteiger partial charge in [-0.1, -0.05) is 0 Å². The molecule has 1 aromatic heterocycles. The summed E-state index contributed by atoms with van der Waals surface area (Å²) in [6, 6.07) is -0.289. The largest absolute Gasteiger partial charge is 0.444 e. The summed E-state index contributed by atoms with van der Waals surface area (Å²) in [6.07, 6.45) is 1.38. The third-order valence-corrected chi connectivity index (χ3v) is 3.80. The van der Waals surface area contributed by atoms with Gasteiger partial charge in [0, 0.05) is 19.2 Å². The monoisotopic (exact) mass is 312 g/mol. The molecule has 0 N–H and O–H groups in total. The van der Waals surface area contributed by atoms with E-state index in [0.29, 0.717) is 24.6 Å². The van der Waals surface area contributed by atoms with Gasteiger partial charge in [0.25, 0.3) is 0 Å². The number of nitrogens with zero attached hydrogens (tertiary/aromatic N) is 2. The fraction of sp³-hybridized carbons (Fsp3) is 0.643. The SMILES string of the molecule is CC(C)(C)OC(=O)N1CCOCC1CC(=O)c1cncs1. The third kappa shape index (κ3) is 4.50. The van der Waals surface area contributed by atoms with E-state index in [1.807, 2.05) is 20.8 Å². The summed E-state index contributed by atoms with van der Waals surface area (Å²) in [4.78, 5) is 30.5. The zero-order valence-electron chi connectivity index (χ0n) is 12.5. The van der Waals surface area contributed by atoms with Crippen molar-refractivity contribution in [2.75, 3.05) is 19.8 Å². The van der Waals surface area contributed by atoms with Crippen LogP contribution in [0.3, 0.4) is 0 Å². The summed E-state index contributed by atoms with van der Waals surface area (Å²) in [5, 5.41) is 0. The molecule has 1 fully saturated rings. The highest BCUT2D eigenvalue weighted by Gasteiger charge is 2.32. The Labute approximate surface area is 128 Å². The minimum absolute atomic E-state index is 0.0263. The first-order chi connectivity index (χ1) is 9.87. The zero-order chi connectivity index (χ0) is 15.5. The fourth-order valence-corrected chi connectivity index (χ4v) is 2.62. The number of amides is 1. The number of carbonyl (C=O) groups is 2. The highest BCUT2D eigenvalue weighted by Crippen LogP contribution is 2.19. The van der Waals surface area contributed by atoms with E-state index in [1.165, 1.54) is 11.3 Å². The molecule has 1 amide bonds. The Balaban J connectivity index is 2.02. The first-order valence-corrected chi connectivity index (χ1v) is 7.74. The molecule has 1 atom stereocenters. The number of carbonyl (C=O) groups excluding carboxylic acids is 2. The summed E-state index contributed by atoms with van der Waals surface area (Å²) in [5.41, 5.74) is 1.07. The van der Waals surface area contributed by atoms with Crippen molar-refractivity contribution in [2.45, 2.75) is 38.8 Å². The summed E-state index contributed by atoms with van der Waals surface area (Å²) >= 11 is 1.30. The van der Waals surface area contributed by atoms with Crippen LogP contribution in [0, 0.1) is 0 Å². The van der Waals surface area contributed by atoms with Crippen molar-refractivity contribution < 1.29 is 19.1 Å². The molecule has 2 heterocycles. The third-order valence-electron chi connectivity index (χ3n) is 2.98. The number of morpholine rings is 1. The molecule has 0 spiro atoms. The molecule has 0 radical (unpaired) electrons. The molecule has 0 aromatic carbocycles. The predicted octanol–water partition coefficient (Wildman–Crippen LogP) is 2.35. The molecular formula is C14H20N2O4S. The second kappa shape index (κ2) is 6.53. The number of hydrogen-bond acceptors (Lipinski definition) is 6. The fourth-order valence-electron chi connectivity index (χ4n) is 2.05. The van der Waals surface area contributed by atoms with Crippen LogP contribution in [0.5, 0.6) is 0 Å². The van der Waals surface area contributed by atoms with E-state index >= 15 is 0 Å². The summed E-state index contributed by atoms with van der Waals surface area (Å²) in [7, 11) is 0. The Morgan fingerprint density at radius 2 is 2.29 bits per heavy atom. The minimum Gasteiger partial charge on any atom is -0.444 e. The lowest BCUT2D eigenvalue weighted by molar-refractivity contribution is -0.0322. The van der Waals surface area contributed by atoms with Crippen LogP contribution in [0.15, 0.2) is 11.7 Å². The molecule has 2 rings (SSSR count). The number of ketones is 1. The minimum atomic E-state index is -0.554. The average molecular weight is 312 g/mol. The highest BCUT2D eigenvalue weighted by molar-refractivity contribution is 7.11. The van der Waals surface area contributed by atoms with Gasteiger partial charge >= 0.3 is 6.09 Å². The van der Waals surface area contributed by atoms with E-state index in [4.69, 9.17) is 9.47 Å². The van der Waals surface area contributed by atoms with Gasteiger partial charge in [-0.15, -0.1) is 11.3 Å². The lowest BCUT2D eigenvalue weighted by atomic mass is 10.1. The second-order valence-corrected chi connectivity index (χ2v) is 6.78. The number of Topliss-reactive ketones (excluding diaryl/α,β-unsaturated/α-hetero) is 1. The number of ether oxygens (including phenoxy) is 2. The zero-order valence-corrected chi connectivity index (χ0v) is 13.3. The molecule has 0 aliphatic carbocycles. The molecule has 1 aliphatic rings. The van der Waals surface area contributed by atoms with Crippen LogP contribution < -0.4 is 0 Å². The maximum absolute atomic E-state index is 12.2. The molecule has 21 heavy (non-hydrogen) atoms. The molecular weight excluding hydrogens is 292 g/mol. The quantitative estimate of drug-likeness (QED) is 0.801. The van der Waals surface area contributed by atoms with Crippen molar-refractivity contribution in [3.63, 3.8) is 0 Å². The average Bonchev–Trinajstić information content (AvgIpc) is 2.91.